The number of carbonyl (C=O) groups excluding carboxylic acids is 1. The predicted molar refractivity (Wildman–Crippen MR) is 73.2 cm³/mol. The molecule has 0 saturated carbocycles. The normalized spacial score (nSPS) is 10.3. The lowest BCUT2D eigenvalue weighted by Crippen LogP contribution is -2.13. The molecule has 0 saturated heterocycles. The van der Waals surface area contributed by atoms with Crippen molar-refractivity contribution in [3.8, 4) is 0 Å². The van der Waals surface area contributed by atoms with Gasteiger partial charge in [-0.25, -0.2) is 8.78 Å². The zero-order valence-electron chi connectivity index (χ0n) is 10.0. The highest BCUT2D eigenvalue weighted by atomic mass is 79.9. The average molecular weight is 326 g/mol. The Morgan fingerprint density at radius 1 is 1.16 bits per heavy atom. The lowest BCUT2D eigenvalue weighted by Gasteiger charge is -2.09. The first kappa shape index (κ1) is 13.7. The summed E-state index contributed by atoms with van der Waals surface area (Å²) in [5.74, 6) is -2.13. The van der Waals surface area contributed by atoms with Gasteiger partial charge in [0.15, 0.2) is 0 Å². The van der Waals surface area contributed by atoms with Gasteiger partial charge in [0, 0.05) is 16.1 Å². The largest absolute Gasteiger partial charge is 0.321 e. The molecule has 2 aromatic carbocycles. The van der Waals surface area contributed by atoms with E-state index < -0.39 is 17.5 Å². The van der Waals surface area contributed by atoms with Gasteiger partial charge in [0.05, 0.1) is 5.69 Å². The van der Waals surface area contributed by atoms with Crippen LogP contribution in [-0.4, -0.2) is 5.91 Å². The first-order valence-electron chi connectivity index (χ1n) is 5.50. The first-order chi connectivity index (χ1) is 8.97. The minimum Gasteiger partial charge on any atom is -0.321 e. The second kappa shape index (κ2) is 5.48. The summed E-state index contributed by atoms with van der Waals surface area (Å²) in [7, 11) is 0. The molecule has 2 aromatic rings. The van der Waals surface area contributed by atoms with Crippen LogP contribution < -0.4 is 5.32 Å². The van der Waals surface area contributed by atoms with Crippen molar-refractivity contribution in [1.29, 1.82) is 0 Å². The molecule has 0 spiro atoms. The first-order valence-corrected chi connectivity index (χ1v) is 6.29. The molecule has 0 fully saturated rings. The van der Waals surface area contributed by atoms with E-state index in [9.17, 15) is 13.6 Å². The van der Waals surface area contributed by atoms with Crippen molar-refractivity contribution in [2.24, 2.45) is 0 Å². The van der Waals surface area contributed by atoms with Crippen molar-refractivity contribution in [3.63, 3.8) is 0 Å². The summed E-state index contributed by atoms with van der Waals surface area (Å²) in [6.45, 7) is 1.88. The quantitative estimate of drug-likeness (QED) is 0.876. The highest BCUT2D eigenvalue weighted by Gasteiger charge is 2.11. The maximum absolute atomic E-state index is 13.0. The highest BCUT2D eigenvalue weighted by molar-refractivity contribution is 9.10. The monoisotopic (exact) mass is 325 g/mol. The molecule has 5 heteroatoms. The Hall–Kier alpha value is -1.75. The molecule has 1 N–H and O–H groups in total. The number of aryl methyl sites for hydroxylation is 1. The summed E-state index contributed by atoms with van der Waals surface area (Å²) in [6.07, 6.45) is 0. The molecule has 1 amide bonds. The Morgan fingerprint density at radius 3 is 2.42 bits per heavy atom. The van der Waals surface area contributed by atoms with Gasteiger partial charge < -0.3 is 5.32 Å². The summed E-state index contributed by atoms with van der Waals surface area (Å²) in [5, 5.41) is 2.60. The number of amides is 1. The molecular formula is C14H10BrF2NO. The van der Waals surface area contributed by atoms with Crippen LogP contribution in [0.25, 0.3) is 0 Å². The lowest BCUT2D eigenvalue weighted by atomic mass is 10.2. The molecule has 0 aliphatic rings. The third kappa shape index (κ3) is 3.17. The SMILES string of the molecule is Cc1cccc(NC(=O)c2cc(F)cc(F)c2)c1Br. The fourth-order valence-corrected chi connectivity index (χ4v) is 1.99. The highest BCUT2D eigenvalue weighted by Crippen LogP contribution is 2.26. The van der Waals surface area contributed by atoms with E-state index in [1.807, 2.05) is 13.0 Å². The molecule has 98 valence electrons. The van der Waals surface area contributed by atoms with E-state index in [4.69, 9.17) is 0 Å². The maximum Gasteiger partial charge on any atom is 0.255 e. The van der Waals surface area contributed by atoms with E-state index in [1.54, 1.807) is 12.1 Å². The van der Waals surface area contributed by atoms with Gasteiger partial charge in [-0.2, -0.15) is 0 Å². The second-order valence-electron chi connectivity index (χ2n) is 4.05. The van der Waals surface area contributed by atoms with E-state index in [0.29, 0.717) is 5.69 Å². The minimum absolute atomic E-state index is 0.0640. The van der Waals surface area contributed by atoms with Gasteiger partial charge in [0.25, 0.3) is 5.91 Å². The lowest BCUT2D eigenvalue weighted by molar-refractivity contribution is 0.102. The number of halogens is 3. The molecule has 0 aliphatic carbocycles. The van der Waals surface area contributed by atoms with Crippen LogP contribution in [0.15, 0.2) is 40.9 Å². The van der Waals surface area contributed by atoms with Gasteiger partial charge >= 0.3 is 0 Å². The van der Waals surface area contributed by atoms with Crippen molar-refractivity contribution >= 4 is 27.5 Å². The van der Waals surface area contributed by atoms with Crippen LogP contribution in [-0.2, 0) is 0 Å². The molecule has 0 aliphatic heterocycles. The molecule has 0 radical (unpaired) electrons. The van der Waals surface area contributed by atoms with Gasteiger partial charge in [-0.05, 0) is 46.6 Å². The van der Waals surface area contributed by atoms with Crippen LogP contribution in [0, 0.1) is 18.6 Å². The van der Waals surface area contributed by atoms with Gasteiger partial charge in [0.1, 0.15) is 11.6 Å². The Morgan fingerprint density at radius 2 is 1.79 bits per heavy atom. The molecule has 2 nitrogen and oxygen atoms in total. The van der Waals surface area contributed by atoms with Crippen LogP contribution in [0.4, 0.5) is 14.5 Å². The van der Waals surface area contributed by atoms with E-state index in [0.717, 1.165) is 28.2 Å². The fourth-order valence-electron chi connectivity index (χ4n) is 1.62. The summed E-state index contributed by atoms with van der Waals surface area (Å²) >= 11 is 3.35. The van der Waals surface area contributed by atoms with Gasteiger partial charge in [-0.15, -0.1) is 0 Å². The van der Waals surface area contributed by atoms with Gasteiger partial charge in [-0.1, -0.05) is 12.1 Å². The Labute approximate surface area is 117 Å². The van der Waals surface area contributed by atoms with Crippen LogP contribution in [0.2, 0.25) is 0 Å². The number of anilines is 1. The van der Waals surface area contributed by atoms with E-state index in [-0.39, 0.29) is 5.56 Å². The number of hydrogen-bond acceptors (Lipinski definition) is 1. The van der Waals surface area contributed by atoms with Crippen LogP contribution in [0.5, 0.6) is 0 Å². The van der Waals surface area contributed by atoms with Gasteiger partial charge in [-0.3, -0.25) is 4.79 Å². The fraction of sp³-hybridized carbons (Fsp3) is 0.0714. The molecule has 0 aromatic heterocycles. The number of benzene rings is 2. The second-order valence-corrected chi connectivity index (χ2v) is 4.84. The molecule has 2 rings (SSSR count). The average Bonchev–Trinajstić information content (AvgIpc) is 2.33. The Kier molecular flexibility index (Phi) is 3.95. The number of hydrogen-bond donors (Lipinski definition) is 1. The maximum atomic E-state index is 13.0. The zero-order chi connectivity index (χ0) is 14.0. The Balaban J connectivity index is 2.28. The number of rotatable bonds is 2. The third-order valence-electron chi connectivity index (χ3n) is 2.56. The van der Waals surface area contributed by atoms with Gasteiger partial charge in [0.2, 0.25) is 0 Å². The molecule has 0 unspecified atom stereocenters. The number of carbonyl (C=O) groups is 1. The predicted octanol–water partition coefficient (Wildman–Crippen LogP) is 4.29. The standard InChI is InChI=1S/C14H10BrF2NO/c1-8-3-2-4-12(13(8)15)18-14(19)9-5-10(16)7-11(17)6-9/h2-7H,1H3,(H,18,19). The van der Waals surface area contributed by atoms with Crippen molar-refractivity contribution in [1.82, 2.24) is 0 Å². The summed E-state index contributed by atoms with van der Waals surface area (Å²) in [4.78, 5) is 11.9. The van der Waals surface area contributed by atoms with Crippen LogP contribution in [0.1, 0.15) is 15.9 Å². The minimum atomic E-state index is -0.784. The summed E-state index contributed by atoms with van der Waals surface area (Å²) in [5.41, 5.74) is 1.43. The molecule has 0 bridgehead atoms. The van der Waals surface area contributed by atoms with Crippen molar-refractivity contribution in [2.45, 2.75) is 6.92 Å². The molecule has 0 heterocycles. The van der Waals surface area contributed by atoms with Crippen LogP contribution >= 0.6 is 15.9 Å². The van der Waals surface area contributed by atoms with E-state index >= 15 is 0 Å². The van der Waals surface area contributed by atoms with Crippen LogP contribution in [0.3, 0.4) is 0 Å². The molecular weight excluding hydrogens is 316 g/mol. The zero-order valence-corrected chi connectivity index (χ0v) is 11.6. The topological polar surface area (TPSA) is 29.1 Å². The van der Waals surface area contributed by atoms with E-state index in [1.165, 1.54) is 0 Å². The summed E-state index contributed by atoms with van der Waals surface area (Å²) < 4.78 is 26.8. The van der Waals surface area contributed by atoms with Crippen molar-refractivity contribution in [2.75, 3.05) is 5.32 Å². The van der Waals surface area contributed by atoms with Crippen molar-refractivity contribution < 1.29 is 13.6 Å². The molecule has 19 heavy (non-hydrogen) atoms. The molecule has 0 atom stereocenters. The van der Waals surface area contributed by atoms with Crippen molar-refractivity contribution in [3.05, 3.63) is 63.6 Å². The number of nitrogens with one attached hydrogen (secondary N) is 1. The summed E-state index contributed by atoms with van der Waals surface area (Å²) in [6, 6.07) is 8.05. The smallest absolute Gasteiger partial charge is 0.255 e. The Bertz CT molecular complexity index is 623. The van der Waals surface area contributed by atoms with E-state index in [2.05, 4.69) is 21.2 Å². The third-order valence-corrected chi connectivity index (χ3v) is 3.62.